The molecule has 0 bridgehead atoms. The summed E-state index contributed by atoms with van der Waals surface area (Å²) >= 11 is 0. The van der Waals surface area contributed by atoms with Crippen LogP contribution in [-0.4, -0.2) is 47.1 Å². The van der Waals surface area contributed by atoms with Crippen molar-refractivity contribution in [1.29, 1.82) is 0 Å². The van der Waals surface area contributed by atoms with E-state index in [1.807, 2.05) is 0 Å². The molecule has 1 atom stereocenters. The fourth-order valence-electron chi connectivity index (χ4n) is 4.12. The molecule has 1 unspecified atom stereocenters. The van der Waals surface area contributed by atoms with Crippen LogP contribution in [0.25, 0.3) is 0 Å². The molecule has 2 aliphatic rings. The lowest BCUT2D eigenvalue weighted by Crippen LogP contribution is -2.39. The van der Waals surface area contributed by atoms with Crippen LogP contribution in [0.3, 0.4) is 0 Å². The molecule has 2 aromatic carbocycles. The van der Waals surface area contributed by atoms with Crippen LogP contribution in [0.15, 0.2) is 36.4 Å². The van der Waals surface area contributed by atoms with E-state index in [4.69, 9.17) is 4.74 Å². The van der Waals surface area contributed by atoms with Gasteiger partial charge in [-0.1, -0.05) is 43.5 Å². The highest BCUT2D eigenvalue weighted by Gasteiger charge is 2.32. The number of rotatable bonds is 6. The molecule has 0 aromatic heterocycles. The van der Waals surface area contributed by atoms with E-state index in [0.717, 1.165) is 12.8 Å². The molecule has 0 saturated heterocycles. The van der Waals surface area contributed by atoms with Gasteiger partial charge in [0.15, 0.2) is 11.6 Å². The number of aromatic hydroxyl groups is 1. The molecule has 1 saturated carbocycles. The molecule has 2 aromatic rings. The summed E-state index contributed by atoms with van der Waals surface area (Å²) in [6.07, 6.45) is 5.25. The Morgan fingerprint density at radius 2 is 1.69 bits per heavy atom. The summed E-state index contributed by atoms with van der Waals surface area (Å²) < 4.78 is 5.61. The lowest BCUT2D eigenvalue weighted by Gasteiger charge is -2.24. The van der Waals surface area contributed by atoms with Crippen LogP contribution >= 0.6 is 0 Å². The van der Waals surface area contributed by atoms with Crippen LogP contribution in [-0.2, 0) is 0 Å². The van der Waals surface area contributed by atoms with Crippen molar-refractivity contribution in [1.82, 2.24) is 5.32 Å². The van der Waals surface area contributed by atoms with Crippen LogP contribution in [0.2, 0.25) is 0 Å². The molecule has 0 heterocycles. The Balaban J connectivity index is 1.44. The SMILES string of the molecule is O=C1c2ccccc2C(=O)c2c(O)cc(OCC(O)CNC3CCCCC3)cc21. The molecule has 152 valence electrons. The van der Waals surface area contributed by atoms with Crippen molar-refractivity contribution in [3.05, 3.63) is 58.7 Å². The predicted molar refractivity (Wildman–Crippen MR) is 108 cm³/mol. The van der Waals surface area contributed by atoms with Gasteiger partial charge in [0.05, 0.1) is 5.56 Å². The normalized spacial score (nSPS) is 17.6. The Bertz CT molecular complexity index is 933. The zero-order chi connectivity index (χ0) is 20.4. The van der Waals surface area contributed by atoms with E-state index in [-0.39, 0.29) is 46.4 Å². The summed E-state index contributed by atoms with van der Waals surface area (Å²) in [6.45, 7) is 0.447. The molecule has 3 N–H and O–H groups in total. The Kier molecular flexibility index (Phi) is 5.65. The molecule has 1 fully saturated rings. The highest BCUT2D eigenvalue weighted by Crippen LogP contribution is 2.35. The molecule has 4 rings (SSSR count). The van der Waals surface area contributed by atoms with Crippen molar-refractivity contribution < 1.29 is 24.5 Å². The van der Waals surface area contributed by atoms with E-state index in [1.54, 1.807) is 24.3 Å². The molecule has 0 spiro atoms. The van der Waals surface area contributed by atoms with E-state index < -0.39 is 6.10 Å². The predicted octanol–water partition coefficient (Wildman–Crippen LogP) is 2.83. The molecule has 6 heteroatoms. The van der Waals surface area contributed by atoms with Crippen LogP contribution in [0.1, 0.15) is 63.9 Å². The maximum atomic E-state index is 12.8. The second-order valence-electron chi connectivity index (χ2n) is 7.78. The van der Waals surface area contributed by atoms with Gasteiger partial charge in [-0.05, 0) is 18.9 Å². The van der Waals surface area contributed by atoms with Crippen molar-refractivity contribution in [2.45, 2.75) is 44.2 Å². The Labute approximate surface area is 169 Å². The number of ether oxygens (including phenoxy) is 1. The lowest BCUT2D eigenvalue weighted by atomic mass is 9.83. The molecule has 0 aliphatic heterocycles. The van der Waals surface area contributed by atoms with Crippen LogP contribution < -0.4 is 10.1 Å². The second-order valence-corrected chi connectivity index (χ2v) is 7.78. The Morgan fingerprint density at radius 1 is 1.00 bits per heavy atom. The fraction of sp³-hybridized carbons (Fsp3) is 0.391. The summed E-state index contributed by atoms with van der Waals surface area (Å²) in [5.41, 5.74) is 0.732. The lowest BCUT2D eigenvalue weighted by molar-refractivity contribution is 0.0969. The summed E-state index contributed by atoms with van der Waals surface area (Å²) in [5, 5.41) is 23.9. The van der Waals surface area contributed by atoms with E-state index in [2.05, 4.69) is 5.32 Å². The number of phenolic OH excluding ortho intramolecular Hbond substituents is 1. The molecule has 0 radical (unpaired) electrons. The standard InChI is InChI=1S/C23H25NO5/c25-15(12-24-14-6-2-1-3-7-14)13-29-16-10-19-21(20(26)11-16)23(28)18-9-5-4-8-17(18)22(19)27/h4-5,8-11,14-15,24-26H,1-3,6-7,12-13H2. The first-order chi connectivity index (χ1) is 14.0. The first-order valence-electron chi connectivity index (χ1n) is 10.1. The van der Waals surface area contributed by atoms with Gasteiger partial charge < -0.3 is 20.3 Å². The van der Waals surface area contributed by atoms with Gasteiger partial charge in [-0.15, -0.1) is 0 Å². The molecule has 0 amide bonds. The van der Waals surface area contributed by atoms with E-state index in [1.165, 1.54) is 31.4 Å². The first kappa shape index (κ1) is 19.6. The molecule has 6 nitrogen and oxygen atoms in total. The Morgan fingerprint density at radius 3 is 2.41 bits per heavy atom. The number of carbonyl (C=O) groups is 2. The number of hydrogen-bond donors (Lipinski definition) is 3. The molecule has 29 heavy (non-hydrogen) atoms. The monoisotopic (exact) mass is 395 g/mol. The van der Waals surface area contributed by atoms with Gasteiger partial charge >= 0.3 is 0 Å². The quantitative estimate of drug-likeness (QED) is 0.594. The van der Waals surface area contributed by atoms with Crippen molar-refractivity contribution in [2.24, 2.45) is 0 Å². The highest BCUT2D eigenvalue weighted by atomic mass is 16.5. The van der Waals surface area contributed by atoms with E-state index >= 15 is 0 Å². The van der Waals surface area contributed by atoms with Gasteiger partial charge in [-0.25, -0.2) is 0 Å². The number of nitrogens with one attached hydrogen (secondary N) is 1. The Hall–Kier alpha value is -2.70. The summed E-state index contributed by atoms with van der Waals surface area (Å²) in [6, 6.07) is 9.79. The summed E-state index contributed by atoms with van der Waals surface area (Å²) in [5.74, 6) is -0.745. The van der Waals surface area contributed by atoms with Gasteiger partial charge in [0.25, 0.3) is 0 Å². The number of fused-ring (bicyclic) bond motifs is 2. The minimum Gasteiger partial charge on any atom is -0.507 e. The average molecular weight is 395 g/mol. The fourth-order valence-corrected chi connectivity index (χ4v) is 4.12. The first-order valence-corrected chi connectivity index (χ1v) is 10.1. The summed E-state index contributed by atoms with van der Waals surface area (Å²) in [4.78, 5) is 25.5. The maximum absolute atomic E-state index is 12.8. The van der Waals surface area contributed by atoms with Gasteiger partial charge in [0.2, 0.25) is 0 Å². The minimum absolute atomic E-state index is 0.000522. The number of aliphatic hydroxyl groups excluding tert-OH is 1. The minimum atomic E-state index is -0.715. The maximum Gasteiger partial charge on any atom is 0.198 e. The third-order valence-corrected chi connectivity index (χ3v) is 5.67. The van der Waals surface area contributed by atoms with Gasteiger partial charge in [0, 0.05) is 35.3 Å². The van der Waals surface area contributed by atoms with Crippen LogP contribution in [0.5, 0.6) is 11.5 Å². The molecule has 2 aliphatic carbocycles. The topological polar surface area (TPSA) is 95.9 Å². The number of hydrogen-bond acceptors (Lipinski definition) is 6. The molecular weight excluding hydrogens is 370 g/mol. The highest BCUT2D eigenvalue weighted by molar-refractivity contribution is 6.29. The number of ketones is 2. The number of benzene rings is 2. The number of aliphatic hydroxyl groups is 1. The van der Waals surface area contributed by atoms with Crippen molar-refractivity contribution in [3.63, 3.8) is 0 Å². The van der Waals surface area contributed by atoms with Crippen LogP contribution in [0.4, 0.5) is 0 Å². The van der Waals surface area contributed by atoms with E-state index in [9.17, 15) is 19.8 Å². The van der Waals surface area contributed by atoms with Crippen molar-refractivity contribution >= 4 is 11.6 Å². The second kappa shape index (κ2) is 8.35. The van der Waals surface area contributed by atoms with Crippen molar-refractivity contribution in [2.75, 3.05) is 13.2 Å². The van der Waals surface area contributed by atoms with Gasteiger partial charge in [-0.3, -0.25) is 9.59 Å². The van der Waals surface area contributed by atoms with Gasteiger partial charge in [0.1, 0.15) is 24.2 Å². The van der Waals surface area contributed by atoms with Crippen LogP contribution in [0, 0.1) is 0 Å². The number of phenols is 1. The molecular formula is C23H25NO5. The average Bonchev–Trinajstić information content (AvgIpc) is 2.75. The summed E-state index contributed by atoms with van der Waals surface area (Å²) in [7, 11) is 0. The van der Waals surface area contributed by atoms with E-state index in [0.29, 0.717) is 18.2 Å². The largest absolute Gasteiger partial charge is 0.507 e. The van der Waals surface area contributed by atoms with Gasteiger partial charge in [-0.2, -0.15) is 0 Å². The van der Waals surface area contributed by atoms with Crippen molar-refractivity contribution in [3.8, 4) is 11.5 Å². The smallest absolute Gasteiger partial charge is 0.198 e. The zero-order valence-corrected chi connectivity index (χ0v) is 16.2. The number of carbonyl (C=O) groups excluding carboxylic acids is 2. The zero-order valence-electron chi connectivity index (χ0n) is 16.2. The third-order valence-electron chi connectivity index (χ3n) is 5.67. The third kappa shape index (κ3) is 4.04.